The highest BCUT2D eigenvalue weighted by Crippen LogP contribution is 2.56. The summed E-state index contributed by atoms with van der Waals surface area (Å²) in [7, 11) is 0. The highest BCUT2D eigenvalue weighted by Gasteiger charge is 2.42. The molecule has 0 spiro atoms. The fourth-order valence-electron chi connectivity index (χ4n) is 3.52. The largest absolute Gasteiger partial charge is 0.264 e. The maximum atomic E-state index is 6.17. The molecule has 3 aromatic heterocycles. The van der Waals surface area contributed by atoms with Gasteiger partial charge in [0.05, 0.1) is 0 Å². The van der Waals surface area contributed by atoms with Gasteiger partial charge in [0, 0.05) is 35.7 Å². The summed E-state index contributed by atoms with van der Waals surface area (Å²) in [6.07, 6.45) is 8.51. The molecule has 0 aliphatic heterocycles. The van der Waals surface area contributed by atoms with Crippen molar-refractivity contribution < 1.29 is 0 Å². The Balaban J connectivity index is 1.61. The Labute approximate surface area is 137 Å². The normalized spacial score (nSPS) is 20.2. The predicted octanol–water partition coefficient (Wildman–Crippen LogP) is 4.20. The van der Waals surface area contributed by atoms with Crippen molar-refractivity contribution in [2.75, 3.05) is 0 Å². The molecule has 1 aromatic carbocycles. The van der Waals surface area contributed by atoms with Crippen LogP contribution in [-0.2, 0) is 0 Å². The summed E-state index contributed by atoms with van der Waals surface area (Å²) in [6.45, 7) is 0. The van der Waals surface area contributed by atoms with Crippen molar-refractivity contribution in [2.24, 2.45) is 0 Å². The van der Waals surface area contributed by atoms with Crippen molar-refractivity contribution in [2.45, 2.75) is 18.3 Å². The van der Waals surface area contributed by atoms with Crippen molar-refractivity contribution in [3.63, 3.8) is 0 Å². The number of aromatic nitrogens is 4. The van der Waals surface area contributed by atoms with E-state index in [1.807, 2.05) is 24.7 Å². The number of rotatable bonds is 2. The molecule has 1 fully saturated rings. The zero-order chi connectivity index (χ0) is 15.4. The van der Waals surface area contributed by atoms with E-state index in [4.69, 9.17) is 11.6 Å². The maximum Gasteiger partial charge on any atom is 0.157 e. The third-order valence-corrected chi connectivity index (χ3v) is 4.85. The minimum absolute atomic E-state index is 0.436. The Hall–Kier alpha value is -2.46. The lowest BCUT2D eigenvalue weighted by atomic mass is 10.0. The minimum atomic E-state index is 0.436. The van der Waals surface area contributed by atoms with Gasteiger partial charge >= 0.3 is 0 Å². The van der Waals surface area contributed by atoms with Crippen LogP contribution in [0.2, 0.25) is 5.15 Å². The number of pyridine rings is 1. The molecule has 4 nitrogen and oxygen atoms in total. The molecule has 0 amide bonds. The summed E-state index contributed by atoms with van der Waals surface area (Å²) in [5.41, 5.74) is 3.44. The molecular weight excluding hydrogens is 308 g/mol. The van der Waals surface area contributed by atoms with Crippen molar-refractivity contribution >= 4 is 28.0 Å². The highest BCUT2D eigenvalue weighted by atomic mass is 35.5. The van der Waals surface area contributed by atoms with E-state index >= 15 is 0 Å². The molecule has 1 saturated carbocycles. The van der Waals surface area contributed by atoms with Gasteiger partial charge < -0.3 is 0 Å². The molecule has 1 unspecified atom stereocenters. The third-order valence-electron chi connectivity index (χ3n) is 4.66. The Bertz CT molecular complexity index is 1030. The Kier molecular flexibility index (Phi) is 2.70. The standard InChI is InChI=1S/C18H13ClN4/c19-17-9-15(18-21-6-7-23(18)22-17)14-8-13(14)12-3-1-2-11-4-5-20-10-16(11)12/h1-7,9-10,13-14H,8H2/t13?,14-/m0/s1. The fourth-order valence-corrected chi connectivity index (χ4v) is 3.72. The van der Waals surface area contributed by atoms with Gasteiger partial charge in [-0.3, -0.25) is 4.98 Å². The SMILES string of the molecule is Clc1cc([C@H]2CC2c2cccc3ccncc23)c2nccn2n1. The molecule has 4 aromatic rings. The van der Waals surface area contributed by atoms with Gasteiger partial charge in [0.25, 0.3) is 0 Å². The number of fused-ring (bicyclic) bond motifs is 2. The van der Waals surface area contributed by atoms with E-state index in [0.717, 1.165) is 12.1 Å². The second kappa shape index (κ2) is 4.77. The quantitative estimate of drug-likeness (QED) is 0.556. The number of halogens is 1. The van der Waals surface area contributed by atoms with Crippen LogP contribution in [0.15, 0.2) is 55.1 Å². The highest BCUT2D eigenvalue weighted by molar-refractivity contribution is 6.29. The molecule has 23 heavy (non-hydrogen) atoms. The Morgan fingerprint density at radius 1 is 1.09 bits per heavy atom. The van der Waals surface area contributed by atoms with E-state index in [0.29, 0.717) is 17.0 Å². The molecule has 0 saturated heterocycles. The van der Waals surface area contributed by atoms with Gasteiger partial charge in [-0.05, 0) is 41.3 Å². The van der Waals surface area contributed by atoms with Crippen LogP contribution in [0.3, 0.4) is 0 Å². The van der Waals surface area contributed by atoms with E-state index in [-0.39, 0.29) is 0 Å². The maximum absolute atomic E-state index is 6.17. The lowest BCUT2D eigenvalue weighted by molar-refractivity contribution is 0.906. The predicted molar refractivity (Wildman–Crippen MR) is 89.8 cm³/mol. The average Bonchev–Trinajstić information content (AvgIpc) is 3.23. The zero-order valence-electron chi connectivity index (χ0n) is 12.2. The molecule has 3 heterocycles. The van der Waals surface area contributed by atoms with Crippen molar-refractivity contribution in [1.82, 2.24) is 19.6 Å². The van der Waals surface area contributed by atoms with Gasteiger partial charge in [-0.2, -0.15) is 5.10 Å². The van der Waals surface area contributed by atoms with Gasteiger partial charge in [0.1, 0.15) is 5.15 Å². The molecule has 112 valence electrons. The first-order chi connectivity index (χ1) is 11.3. The van der Waals surface area contributed by atoms with Gasteiger partial charge in [-0.25, -0.2) is 9.50 Å². The molecule has 0 bridgehead atoms. The molecule has 1 aliphatic rings. The number of imidazole rings is 1. The van der Waals surface area contributed by atoms with E-state index in [1.165, 1.54) is 21.9 Å². The van der Waals surface area contributed by atoms with Gasteiger partial charge in [-0.1, -0.05) is 29.8 Å². The minimum Gasteiger partial charge on any atom is -0.264 e. The summed E-state index contributed by atoms with van der Waals surface area (Å²) in [4.78, 5) is 8.73. The number of hydrogen-bond acceptors (Lipinski definition) is 3. The van der Waals surface area contributed by atoms with Crippen molar-refractivity contribution in [1.29, 1.82) is 0 Å². The first kappa shape index (κ1) is 13.0. The second-order valence-electron chi connectivity index (χ2n) is 6.01. The van der Waals surface area contributed by atoms with E-state index in [2.05, 4.69) is 39.3 Å². The molecule has 5 rings (SSSR count). The summed E-state index contributed by atoms with van der Waals surface area (Å²) >= 11 is 6.17. The van der Waals surface area contributed by atoms with E-state index < -0.39 is 0 Å². The summed E-state index contributed by atoms with van der Waals surface area (Å²) in [6, 6.07) is 10.5. The van der Waals surface area contributed by atoms with Crippen LogP contribution >= 0.6 is 11.6 Å². The third kappa shape index (κ3) is 2.02. The number of benzene rings is 1. The molecule has 2 atom stereocenters. The smallest absolute Gasteiger partial charge is 0.157 e. The summed E-state index contributed by atoms with van der Waals surface area (Å²) < 4.78 is 1.76. The summed E-state index contributed by atoms with van der Waals surface area (Å²) in [5, 5.41) is 7.25. The van der Waals surface area contributed by atoms with Crippen LogP contribution in [0.5, 0.6) is 0 Å². The second-order valence-corrected chi connectivity index (χ2v) is 6.40. The lowest BCUT2D eigenvalue weighted by Gasteiger charge is -2.07. The first-order valence-corrected chi connectivity index (χ1v) is 8.01. The zero-order valence-corrected chi connectivity index (χ0v) is 13.0. The summed E-state index contributed by atoms with van der Waals surface area (Å²) in [5.74, 6) is 0.924. The number of nitrogens with zero attached hydrogens (tertiary/aromatic N) is 4. The van der Waals surface area contributed by atoms with Gasteiger partial charge in [0.2, 0.25) is 0 Å². The van der Waals surface area contributed by atoms with Gasteiger partial charge in [-0.15, -0.1) is 0 Å². The average molecular weight is 321 g/mol. The van der Waals surface area contributed by atoms with E-state index in [1.54, 1.807) is 10.7 Å². The molecule has 0 N–H and O–H groups in total. The van der Waals surface area contributed by atoms with Crippen LogP contribution in [0.1, 0.15) is 29.4 Å². The molecular formula is C18H13ClN4. The Morgan fingerprint density at radius 2 is 2.00 bits per heavy atom. The van der Waals surface area contributed by atoms with Crippen LogP contribution in [0.4, 0.5) is 0 Å². The van der Waals surface area contributed by atoms with Crippen LogP contribution in [-0.4, -0.2) is 19.6 Å². The van der Waals surface area contributed by atoms with Crippen molar-refractivity contribution in [3.05, 3.63) is 71.4 Å². The van der Waals surface area contributed by atoms with E-state index in [9.17, 15) is 0 Å². The van der Waals surface area contributed by atoms with Gasteiger partial charge in [0.15, 0.2) is 5.65 Å². The fraction of sp³-hybridized carbons (Fsp3) is 0.167. The lowest BCUT2D eigenvalue weighted by Crippen LogP contribution is -1.96. The van der Waals surface area contributed by atoms with Crippen LogP contribution in [0.25, 0.3) is 16.4 Å². The van der Waals surface area contributed by atoms with Crippen molar-refractivity contribution in [3.8, 4) is 0 Å². The Morgan fingerprint density at radius 3 is 2.96 bits per heavy atom. The molecule has 1 aliphatic carbocycles. The monoisotopic (exact) mass is 320 g/mol. The molecule has 0 radical (unpaired) electrons. The number of hydrogen-bond donors (Lipinski definition) is 0. The van der Waals surface area contributed by atoms with Crippen LogP contribution < -0.4 is 0 Å². The van der Waals surface area contributed by atoms with Crippen LogP contribution in [0, 0.1) is 0 Å². The molecule has 5 heteroatoms. The topological polar surface area (TPSA) is 43.1 Å². The first-order valence-electron chi connectivity index (χ1n) is 7.64.